The number of aromatic hydroxyl groups is 1. The van der Waals surface area contributed by atoms with Crippen LogP contribution in [0.2, 0.25) is 0 Å². The Bertz CT molecular complexity index is 1130. The van der Waals surface area contributed by atoms with Crippen LogP contribution in [0.5, 0.6) is 11.5 Å². The number of fused-ring (bicyclic) bond motifs is 1. The molecule has 2 aromatic rings. The van der Waals surface area contributed by atoms with Crippen LogP contribution < -0.4 is 4.74 Å². The topological polar surface area (TPSA) is 99.5 Å². The number of likely N-dealkylation sites (N-methyl/N-ethyl adjacent to an activating group) is 1. The molecule has 5 atom stereocenters. The third-order valence-corrected chi connectivity index (χ3v) is 7.89. The molecule has 3 N–H and O–H groups in total. The lowest BCUT2D eigenvalue weighted by atomic mass is 9.54. The van der Waals surface area contributed by atoms with Crippen molar-refractivity contribution in [2.45, 2.75) is 56.0 Å². The van der Waals surface area contributed by atoms with Crippen LogP contribution in [-0.2, 0) is 14.9 Å². The van der Waals surface area contributed by atoms with E-state index in [1.54, 1.807) is 42.5 Å². The second-order valence-corrected chi connectivity index (χ2v) is 9.45. The van der Waals surface area contributed by atoms with Crippen LogP contribution in [0.3, 0.4) is 0 Å². The van der Waals surface area contributed by atoms with Crippen LogP contribution in [0.15, 0.2) is 54.3 Å². The first-order valence-electron chi connectivity index (χ1n) is 11.3. The number of hydrogen-bond donors (Lipinski definition) is 3. The predicted molar refractivity (Wildman–Crippen MR) is 121 cm³/mol. The molecule has 4 unspecified atom stereocenters. The number of aliphatic hydroxyl groups is 2. The van der Waals surface area contributed by atoms with Gasteiger partial charge in [-0.25, -0.2) is 4.79 Å². The summed E-state index contributed by atoms with van der Waals surface area (Å²) in [7, 11) is 1.98. The predicted octanol–water partition coefficient (Wildman–Crippen LogP) is 2.72. The first-order chi connectivity index (χ1) is 15.7. The SMILES string of the molecule is Cc1ccc(O)c2c1C13CCN(C)C(C)C1(O)CC=C(OC(=O)[C@@H](O)c1ccccc1)C3O2. The maximum absolute atomic E-state index is 12.9. The molecule has 174 valence electrons. The van der Waals surface area contributed by atoms with Gasteiger partial charge in [-0.3, -0.25) is 0 Å². The van der Waals surface area contributed by atoms with Gasteiger partial charge in [0.25, 0.3) is 0 Å². The normalized spacial score (nSPS) is 31.5. The molecular weight excluding hydrogens is 422 g/mol. The molecule has 1 saturated heterocycles. The molecule has 3 aliphatic rings. The van der Waals surface area contributed by atoms with Gasteiger partial charge in [0, 0.05) is 18.0 Å². The molecule has 7 nitrogen and oxygen atoms in total. The fourth-order valence-corrected chi connectivity index (χ4v) is 5.95. The molecule has 1 aliphatic carbocycles. The number of likely N-dealkylation sites (tertiary alicyclic amines) is 1. The van der Waals surface area contributed by atoms with E-state index in [0.29, 0.717) is 24.3 Å². The Morgan fingerprint density at radius 2 is 1.97 bits per heavy atom. The van der Waals surface area contributed by atoms with E-state index in [4.69, 9.17) is 9.47 Å². The Balaban J connectivity index is 1.58. The molecule has 7 heteroatoms. The molecule has 2 heterocycles. The summed E-state index contributed by atoms with van der Waals surface area (Å²) in [6.45, 7) is 4.62. The lowest BCUT2D eigenvalue weighted by Crippen LogP contribution is -2.71. The second kappa shape index (κ2) is 7.58. The van der Waals surface area contributed by atoms with Gasteiger partial charge in [-0.15, -0.1) is 0 Å². The fourth-order valence-electron chi connectivity index (χ4n) is 5.95. The minimum absolute atomic E-state index is 0.0108. The minimum atomic E-state index is -1.45. The smallest absolute Gasteiger partial charge is 0.344 e. The number of phenols is 1. The Morgan fingerprint density at radius 3 is 2.70 bits per heavy atom. The van der Waals surface area contributed by atoms with Gasteiger partial charge < -0.3 is 29.7 Å². The number of hydrogen-bond acceptors (Lipinski definition) is 7. The first kappa shape index (κ1) is 21.9. The third-order valence-electron chi connectivity index (χ3n) is 7.89. The highest BCUT2D eigenvalue weighted by atomic mass is 16.6. The van der Waals surface area contributed by atoms with Gasteiger partial charge in [-0.1, -0.05) is 36.4 Å². The van der Waals surface area contributed by atoms with Gasteiger partial charge in [0.15, 0.2) is 23.7 Å². The maximum Gasteiger partial charge on any atom is 0.344 e. The lowest BCUT2D eigenvalue weighted by molar-refractivity contribution is -0.166. The third kappa shape index (κ3) is 2.96. The number of ether oxygens (including phenoxy) is 2. The number of carbonyl (C=O) groups excluding carboxylic acids is 1. The zero-order valence-corrected chi connectivity index (χ0v) is 19.0. The first-order valence-corrected chi connectivity index (χ1v) is 11.3. The van der Waals surface area contributed by atoms with Crippen molar-refractivity contribution in [2.24, 2.45) is 0 Å². The number of esters is 1. The van der Waals surface area contributed by atoms with Crippen LogP contribution in [0.1, 0.15) is 42.6 Å². The molecule has 2 aliphatic heterocycles. The molecule has 2 aromatic carbocycles. The van der Waals surface area contributed by atoms with Crippen LogP contribution in [-0.4, -0.2) is 57.5 Å². The van der Waals surface area contributed by atoms with Crippen molar-refractivity contribution in [3.8, 4) is 11.5 Å². The monoisotopic (exact) mass is 451 g/mol. The Hall–Kier alpha value is -2.87. The number of rotatable bonds is 3. The summed E-state index contributed by atoms with van der Waals surface area (Å²) in [6, 6.07) is 11.8. The van der Waals surface area contributed by atoms with E-state index in [2.05, 4.69) is 4.90 Å². The number of carbonyl (C=O) groups is 1. The molecular formula is C26H29NO6. The average Bonchev–Trinajstić information content (AvgIpc) is 3.19. The van der Waals surface area contributed by atoms with Gasteiger partial charge in [0.2, 0.25) is 0 Å². The number of nitrogens with zero attached hydrogens (tertiary/aromatic N) is 1. The van der Waals surface area contributed by atoms with Crippen molar-refractivity contribution >= 4 is 5.97 Å². The largest absolute Gasteiger partial charge is 0.504 e. The Morgan fingerprint density at radius 1 is 1.24 bits per heavy atom. The molecule has 1 spiro atoms. The van der Waals surface area contributed by atoms with E-state index in [1.807, 2.05) is 27.0 Å². The molecule has 5 rings (SSSR count). The van der Waals surface area contributed by atoms with E-state index in [0.717, 1.165) is 11.1 Å². The quantitative estimate of drug-likeness (QED) is 0.617. The Labute approximate surface area is 192 Å². The highest BCUT2D eigenvalue weighted by molar-refractivity contribution is 5.77. The van der Waals surface area contributed by atoms with Gasteiger partial charge in [-0.2, -0.15) is 0 Å². The molecule has 0 saturated carbocycles. The van der Waals surface area contributed by atoms with E-state index in [1.165, 1.54) is 0 Å². The zero-order valence-electron chi connectivity index (χ0n) is 19.0. The number of piperidine rings is 1. The van der Waals surface area contributed by atoms with E-state index in [9.17, 15) is 20.1 Å². The van der Waals surface area contributed by atoms with Crippen LogP contribution >= 0.6 is 0 Å². The van der Waals surface area contributed by atoms with Crippen molar-refractivity contribution in [1.82, 2.24) is 4.90 Å². The number of aliphatic hydroxyl groups excluding tert-OH is 1. The van der Waals surface area contributed by atoms with E-state index in [-0.39, 0.29) is 24.0 Å². The molecule has 1 fully saturated rings. The summed E-state index contributed by atoms with van der Waals surface area (Å²) >= 11 is 0. The Kier molecular flexibility index (Phi) is 5.04. The maximum atomic E-state index is 12.9. The average molecular weight is 452 g/mol. The molecule has 0 bridgehead atoms. The van der Waals surface area contributed by atoms with Crippen molar-refractivity contribution in [3.05, 3.63) is 71.0 Å². The molecule has 0 radical (unpaired) electrons. The van der Waals surface area contributed by atoms with Crippen molar-refractivity contribution < 1.29 is 29.6 Å². The summed E-state index contributed by atoms with van der Waals surface area (Å²) < 4.78 is 12.0. The summed E-state index contributed by atoms with van der Waals surface area (Å²) in [5.41, 5.74) is -0.0126. The van der Waals surface area contributed by atoms with Crippen LogP contribution in [0, 0.1) is 6.92 Å². The van der Waals surface area contributed by atoms with Gasteiger partial charge in [0.05, 0.1) is 11.0 Å². The summed E-state index contributed by atoms with van der Waals surface area (Å²) in [6.07, 6.45) is 0.242. The molecule has 0 amide bonds. The van der Waals surface area contributed by atoms with Gasteiger partial charge in [-0.05, 0) is 57.1 Å². The van der Waals surface area contributed by atoms with Gasteiger partial charge in [0.1, 0.15) is 5.76 Å². The van der Waals surface area contributed by atoms with Crippen molar-refractivity contribution in [2.75, 3.05) is 13.6 Å². The lowest BCUT2D eigenvalue weighted by Gasteiger charge is -2.58. The number of benzene rings is 2. The highest BCUT2D eigenvalue weighted by Crippen LogP contribution is 2.62. The van der Waals surface area contributed by atoms with E-state index < -0.39 is 29.2 Å². The number of aryl methyl sites for hydroxylation is 1. The van der Waals surface area contributed by atoms with Gasteiger partial charge >= 0.3 is 5.97 Å². The number of phenolic OH excluding ortho intramolecular Hbond substituents is 1. The van der Waals surface area contributed by atoms with E-state index >= 15 is 0 Å². The molecule has 33 heavy (non-hydrogen) atoms. The summed E-state index contributed by atoms with van der Waals surface area (Å²) in [5, 5.41) is 33.3. The summed E-state index contributed by atoms with van der Waals surface area (Å²) in [5.74, 6) is -0.244. The zero-order chi connectivity index (χ0) is 23.5. The van der Waals surface area contributed by atoms with Crippen LogP contribution in [0.4, 0.5) is 0 Å². The highest BCUT2D eigenvalue weighted by Gasteiger charge is 2.69. The molecule has 0 aromatic heterocycles. The standard InChI is InChI=1S/C26H29NO6/c1-15-9-10-18(28)22-20(15)25-13-14-27(3)16(2)26(25,31)12-11-19(23(25)33-22)32-24(30)21(29)17-7-5-4-6-8-17/h4-11,16,21,23,28-29,31H,12-14H2,1-3H3/t16?,21-,23?,25?,26?/m0/s1. The summed E-state index contributed by atoms with van der Waals surface area (Å²) in [4.78, 5) is 15.0. The van der Waals surface area contributed by atoms with Crippen molar-refractivity contribution in [3.63, 3.8) is 0 Å². The second-order valence-electron chi connectivity index (χ2n) is 9.45. The van der Waals surface area contributed by atoms with Crippen molar-refractivity contribution in [1.29, 1.82) is 0 Å². The fraction of sp³-hybridized carbons (Fsp3) is 0.423. The van der Waals surface area contributed by atoms with Crippen LogP contribution in [0.25, 0.3) is 0 Å². The minimum Gasteiger partial charge on any atom is -0.504 e.